The van der Waals surface area contributed by atoms with Gasteiger partial charge in [-0.15, -0.1) is 6.58 Å². The Morgan fingerprint density at radius 1 is 1.08 bits per heavy atom. The second-order valence-electron chi connectivity index (χ2n) is 5.58. The Kier molecular flexibility index (Phi) is 4.40. The second-order valence-corrected chi connectivity index (χ2v) is 7.37. The van der Waals surface area contributed by atoms with Crippen molar-refractivity contribution in [2.45, 2.75) is 18.2 Å². The maximum absolute atomic E-state index is 13.2. The number of para-hydroxylation sites is 1. The van der Waals surface area contributed by atoms with E-state index in [2.05, 4.69) is 6.58 Å². The summed E-state index contributed by atoms with van der Waals surface area (Å²) in [6.45, 7) is 5.64. The van der Waals surface area contributed by atoms with E-state index < -0.39 is 10.0 Å². The van der Waals surface area contributed by atoms with Crippen molar-refractivity contribution in [2.75, 3.05) is 0 Å². The van der Waals surface area contributed by atoms with Crippen molar-refractivity contribution in [3.8, 4) is 0 Å². The zero-order chi connectivity index (χ0) is 17.2. The average molecular weight is 337 g/mol. The van der Waals surface area contributed by atoms with E-state index >= 15 is 0 Å². The van der Waals surface area contributed by atoms with Gasteiger partial charge in [-0.25, -0.2) is 12.4 Å². The van der Waals surface area contributed by atoms with E-state index in [0.29, 0.717) is 17.6 Å². The molecule has 0 aliphatic carbocycles. The number of fused-ring (bicyclic) bond motifs is 1. The minimum absolute atomic E-state index is 0.282. The molecule has 0 N–H and O–H groups in total. The monoisotopic (exact) mass is 337 g/mol. The van der Waals surface area contributed by atoms with Crippen LogP contribution in [0.15, 0.2) is 84.3 Å². The molecule has 1 heterocycles. The third-order valence-electron chi connectivity index (χ3n) is 3.94. The Balaban J connectivity index is 2.32. The Morgan fingerprint density at radius 2 is 1.75 bits per heavy atom. The number of hydrogen-bond donors (Lipinski definition) is 0. The van der Waals surface area contributed by atoms with Gasteiger partial charge in [0.1, 0.15) is 0 Å². The van der Waals surface area contributed by atoms with Gasteiger partial charge in [0.15, 0.2) is 0 Å². The Morgan fingerprint density at radius 3 is 2.46 bits per heavy atom. The van der Waals surface area contributed by atoms with Crippen molar-refractivity contribution >= 4 is 26.5 Å². The van der Waals surface area contributed by atoms with Crippen LogP contribution in [0.2, 0.25) is 0 Å². The summed E-state index contributed by atoms with van der Waals surface area (Å²) in [6, 6.07) is 18.0. The topological polar surface area (TPSA) is 39.1 Å². The second kappa shape index (κ2) is 6.49. The van der Waals surface area contributed by atoms with Gasteiger partial charge in [-0.1, -0.05) is 48.6 Å². The van der Waals surface area contributed by atoms with Crippen LogP contribution in [0.1, 0.15) is 19.0 Å². The predicted octanol–water partition coefficient (Wildman–Crippen LogP) is 4.86. The van der Waals surface area contributed by atoms with Gasteiger partial charge in [0.25, 0.3) is 10.0 Å². The van der Waals surface area contributed by atoms with E-state index in [1.807, 2.05) is 49.4 Å². The molecule has 3 aromatic rings. The van der Waals surface area contributed by atoms with Crippen molar-refractivity contribution in [2.24, 2.45) is 0 Å². The third-order valence-corrected chi connectivity index (χ3v) is 5.68. The molecular weight excluding hydrogens is 318 g/mol. The first kappa shape index (κ1) is 16.3. The molecule has 0 atom stereocenters. The molecule has 4 heteroatoms. The highest BCUT2D eigenvalue weighted by molar-refractivity contribution is 7.90. The average Bonchev–Trinajstić information content (AvgIpc) is 3.00. The quantitative estimate of drug-likeness (QED) is 0.624. The highest BCUT2D eigenvalue weighted by atomic mass is 32.2. The van der Waals surface area contributed by atoms with Crippen molar-refractivity contribution < 1.29 is 8.42 Å². The highest BCUT2D eigenvalue weighted by Crippen LogP contribution is 2.29. The Labute approximate surface area is 142 Å². The van der Waals surface area contributed by atoms with Gasteiger partial charge in [0.05, 0.1) is 16.1 Å². The summed E-state index contributed by atoms with van der Waals surface area (Å²) in [5, 5.41) is 0.901. The summed E-state index contributed by atoms with van der Waals surface area (Å²) in [6.07, 6.45) is 4.47. The van der Waals surface area contributed by atoms with E-state index in [1.54, 1.807) is 30.3 Å². The zero-order valence-corrected chi connectivity index (χ0v) is 14.3. The van der Waals surface area contributed by atoms with Gasteiger partial charge in [-0.05, 0) is 43.2 Å². The van der Waals surface area contributed by atoms with E-state index in [-0.39, 0.29) is 4.90 Å². The zero-order valence-electron chi connectivity index (χ0n) is 13.5. The molecule has 0 fully saturated rings. The van der Waals surface area contributed by atoms with Crippen LogP contribution in [-0.4, -0.2) is 12.4 Å². The molecule has 122 valence electrons. The molecule has 3 nitrogen and oxygen atoms in total. The number of hydrogen-bond acceptors (Lipinski definition) is 2. The summed E-state index contributed by atoms with van der Waals surface area (Å²) in [4.78, 5) is 0.282. The van der Waals surface area contributed by atoms with Crippen LogP contribution in [0.25, 0.3) is 16.5 Å². The van der Waals surface area contributed by atoms with E-state index in [4.69, 9.17) is 0 Å². The summed E-state index contributed by atoms with van der Waals surface area (Å²) in [7, 11) is -3.67. The number of nitrogens with zero attached hydrogens (tertiary/aromatic N) is 1. The molecule has 0 unspecified atom stereocenters. The molecular formula is C20H19NO2S. The molecule has 24 heavy (non-hydrogen) atoms. The maximum Gasteiger partial charge on any atom is 0.268 e. The minimum atomic E-state index is -3.67. The fourth-order valence-electron chi connectivity index (χ4n) is 2.73. The lowest BCUT2D eigenvalue weighted by Gasteiger charge is -2.12. The molecule has 0 amide bonds. The molecule has 0 spiro atoms. The lowest BCUT2D eigenvalue weighted by molar-refractivity contribution is 0.588. The molecule has 0 radical (unpaired) electrons. The highest BCUT2D eigenvalue weighted by Gasteiger charge is 2.23. The van der Waals surface area contributed by atoms with Crippen LogP contribution < -0.4 is 0 Å². The van der Waals surface area contributed by atoms with Crippen molar-refractivity contribution in [1.82, 2.24) is 3.97 Å². The van der Waals surface area contributed by atoms with Gasteiger partial charge < -0.3 is 0 Å². The summed E-state index contributed by atoms with van der Waals surface area (Å²) in [5.74, 6) is 0. The predicted molar refractivity (Wildman–Crippen MR) is 99.4 cm³/mol. The molecule has 2 aromatic carbocycles. The van der Waals surface area contributed by atoms with Gasteiger partial charge in [0, 0.05) is 5.39 Å². The maximum atomic E-state index is 13.2. The molecule has 1 aromatic heterocycles. The molecule has 0 saturated heterocycles. The van der Waals surface area contributed by atoms with Gasteiger partial charge in [-0.3, -0.25) is 0 Å². The molecule has 0 bridgehead atoms. The van der Waals surface area contributed by atoms with Crippen LogP contribution >= 0.6 is 0 Å². The van der Waals surface area contributed by atoms with Crippen LogP contribution in [0.5, 0.6) is 0 Å². The first-order valence-corrected chi connectivity index (χ1v) is 9.19. The fourth-order valence-corrected chi connectivity index (χ4v) is 4.32. The lowest BCUT2D eigenvalue weighted by atomic mass is 10.1. The Bertz CT molecular complexity index is 1010. The molecule has 0 aliphatic rings. The summed E-state index contributed by atoms with van der Waals surface area (Å²) in [5.41, 5.74) is 2.27. The fraction of sp³-hybridized carbons (Fsp3) is 0.100. The van der Waals surface area contributed by atoms with E-state index in [1.165, 1.54) is 3.97 Å². The van der Waals surface area contributed by atoms with E-state index in [9.17, 15) is 8.42 Å². The number of allylic oxidation sites excluding steroid dienone is 3. The summed E-state index contributed by atoms with van der Waals surface area (Å²) < 4.78 is 27.9. The third kappa shape index (κ3) is 2.81. The van der Waals surface area contributed by atoms with E-state index in [0.717, 1.165) is 11.0 Å². The number of aromatic nitrogens is 1. The smallest absolute Gasteiger partial charge is 0.234 e. The Hall–Kier alpha value is -2.59. The molecule has 0 aliphatic heterocycles. The first-order valence-electron chi connectivity index (χ1n) is 7.75. The van der Waals surface area contributed by atoms with Gasteiger partial charge in [0.2, 0.25) is 0 Å². The summed E-state index contributed by atoms with van der Waals surface area (Å²) >= 11 is 0. The van der Waals surface area contributed by atoms with Crippen LogP contribution in [0.4, 0.5) is 0 Å². The van der Waals surface area contributed by atoms with Crippen molar-refractivity contribution in [3.63, 3.8) is 0 Å². The number of rotatable bonds is 5. The van der Waals surface area contributed by atoms with Crippen molar-refractivity contribution in [3.05, 3.63) is 85.1 Å². The normalized spacial score (nSPS) is 12.5. The van der Waals surface area contributed by atoms with Crippen molar-refractivity contribution in [1.29, 1.82) is 0 Å². The largest absolute Gasteiger partial charge is 0.268 e. The van der Waals surface area contributed by atoms with Gasteiger partial charge >= 0.3 is 0 Å². The van der Waals surface area contributed by atoms with Crippen LogP contribution in [0.3, 0.4) is 0 Å². The molecule has 3 rings (SSSR count). The van der Waals surface area contributed by atoms with Crippen LogP contribution in [0, 0.1) is 0 Å². The lowest BCUT2D eigenvalue weighted by Crippen LogP contribution is -2.15. The standard InChI is InChI=1S/C20H19NO2S/c1-3-4-10-16(2)20-15-17-11-8-9-14-19(17)21(20)24(22,23)18-12-6-5-7-13-18/h3,5-15H,1,4H2,2H3/b16-10+. The van der Waals surface area contributed by atoms with Gasteiger partial charge in [-0.2, -0.15) is 0 Å². The number of benzene rings is 2. The van der Waals surface area contributed by atoms with Crippen LogP contribution in [-0.2, 0) is 10.0 Å². The molecule has 0 saturated carbocycles. The minimum Gasteiger partial charge on any atom is -0.234 e. The SMILES string of the molecule is C=CC/C=C(\C)c1cc2ccccc2n1S(=O)(=O)c1ccccc1. The first-order chi connectivity index (χ1) is 11.6.